The van der Waals surface area contributed by atoms with Gasteiger partial charge in [-0.2, -0.15) is 0 Å². The Bertz CT molecular complexity index is 767. The first kappa shape index (κ1) is 20.1. The van der Waals surface area contributed by atoms with Crippen LogP contribution in [-0.4, -0.2) is 67.7 Å². The van der Waals surface area contributed by atoms with Gasteiger partial charge in [0.15, 0.2) is 0 Å². The molecule has 0 spiro atoms. The van der Waals surface area contributed by atoms with Gasteiger partial charge in [-0.25, -0.2) is 0 Å². The molecule has 0 aliphatic carbocycles. The monoisotopic (exact) mass is 390 g/mol. The second-order valence-corrected chi connectivity index (χ2v) is 7.33. The van der Waals surface area contributed by atoms with Crippen molar-refractivity contribution in [2.45, 2.75) is 19.8 Å². The van der Waals surface area contributed by atoms with Gasteiger partial charge < -0.3 is 24.4 Å². The van der Waals surface area contributed by atoms with Gasteiger partial charge in [0.05, 0.1) is 24.8 Å². The van der Waals surface area contributed by atoms with Crippen LogP contribution in [0.5, 0.6) is 5.75 Å². The van der Waals surface area contributed by atoms with E-state index in [1.807, 2.05) is 19.1 Å². The van der Waals surface area contributed by atoms with Crippen molar-refractivity contribution in [3.8, 4) is 5.75 Å². The van der Waals surface area contributed by atoms with Crippen LogP contribution in [0.2, 0.25) is 0 Å². The zero-order valence-electron chi connectivity index (χ0n) is 16.2. The van der Waals surface area contributed by atoms with Gasteiger partial charge >= 0.3 is 5.97 Å². The Morgan fingerprint density at radius 2 is 2.07 bits per heavy atom. The van der Waals surface area contributed by atoms with E-state index in [1.165, 1.54) is 7.11 Å². The summed E-state index contributed by atoms with van der Waals surface area (Å²) in [6, 6.07) is 7.27. The number of aliphatic carboxylic acids is 1. The zero-order valence-corrected chi connectivity index (χ0v) is 16.2. The molecule has 0 radical (unpaired) electrons. The first-order valence-corrected chi connectivity index (χ1v) is 9.45. The van der Waals surface area contributed by atoms with Crippen molar-refractivity contribution < 1.29 is 29.0 Å². The Morgan fingerprint density at radius 3 is 2.75 bits per heavy atom. The molecule has 8 nitrogen and oxygen atoms in total. The number of hydrogen-bond donors (Lipinski definition) is 1. The number of likely N-dealkylation sites (tertiary alicyclic amines) is 1. The largest absolute Gasteiger partial charge is 0.492 e. The molecule has 152 valence electrons. The van der Waals surface area contributed by atoms with Crippen molar-refractivity contribution in [1.82, 2.24) is 4.90 Å². The average Bonchev–Trinajstić information content (AvgIpc) is 3.27. The topological polar surface area (TPSA) is 96.4 Å². The SMILES string of the molecule is CCOc1ccccc1N1CC(C(=O)N2CCC(COC)(C(=O)O)C2)CC1=O. The summed E-state index contributed by atoms with van der Waals surface area (Å²) in [6.07, 6.45) is 0.458. The number of ether oxygens (including phenoxy) is 2. The smallest absolute Gasteiger partial charge is 0.313 e. The number of carbonyl (C=O) groups excluding carboxylic acids is 2. The summed E-state index contributed by atoms with van der Waals surface area (Å²) in [4.78, 5) is 40.4. The molecule has 3 rings (SSSR count). The third-order valence-corrected chi connectivity index (χ3v) is 5.47. The maximum atomic E-state index is 13.0. The fourth-order valence-corrected chi connectivity index (χ4v) is 4.01. The molecule has 2 amide bonds. The van der Waals surface area contributed by atoms with Gasteiger partial charge in [-0.05, 0) is 25.5 Å². The van der Waals surface area contributed by atoms with Crippen molar-refractivity contribution >= 4 is 23.5 Å². The Kier molecular flexibility index (Phi) is 5.88. The van der Waals surface area contributed by atoms with Crippen LogP contribution < -0.4 is 9.64 Å². The summed E-state index contributed by atoms with van der Waals surface area (Å²) in [7, 11) is 1.46. The van der Waals surface area contributed by atoms with E-state index in [0.29, 0.717) is 31.0 Å². The number of anilines is 1. The highest BCUT2D eigenvalue weighted by Gasteiger charge is 2.48. The number of para-hydroxylation sites is 2. The number of carbonyl (C=O) groups is 3. The summed E-state index contributed by atoms with van der Waals surface area (Å²) < 4.78 is 10.7. The lowest BCUT2D eigenvalue weighted by atomic mass is 9.88. The van der Waals surface area contributed by atoms with Crippen molar-refractivity contribution in [2.75, 3.05) is 44.9 Å². The van der Waals surface area contributed by atoms with Crippen molar-refractivity contribution in [3.05, 3.63) is 24.3 Å². The standard InChI is InChI=1S/C20H26N2O6/c1-3-28-16-7-5-4-6-15(16)22-11-14(10-17(22)23)18(24)21-9-8-20(12-21,13-27-2)19(25)26/h4-7,14H,3,8-13H2,1-2H3,(H,25,26). The van der Waals surface area contributed by atoms with E-state index in [1.54, 1.807) is 21.9 Å². The molecule has 2 fully saturated rings. The van der Waals surface area contributed by atoms with Crippen molar-refractivity contribution in [2.24, 2.45) is 11.3 Å². The van der Waals surface area contributed by atoms with Crippen LogP contribution in [-0.2, 0) is 19.1 Å². The fraction of sp³-hybridized carbons (Fsp3) is 0.550. The molecule has 1 aromatic carbocycles. The Morgan fingerprint density at radius 1 is 1.32 bits per heavy atom. The van der Waals surface area contributed by atoms with Gasteiger partial charge in [0.2, 0.25) is 11.8 Å². The summed E-state index contributed by atoms with van der Waals surface area (Å²) in [5, 5.41) is 9.58. The molecule has 2 atom stereocenters. The molecule has 2 unspecified atom stereocenters. The molecule has 8 heteroatoms. The maximum absolute atomic E-state index is 13.0. The number of carboxylic acids is 1. The molecule has 1 N–H and O–H groups in total. The summed E-state index contributed by atoms with van der Waals surface area (Å²) in [5.74, 6) is -1.15. The second kappa shape index (κ2) is 8.18. The van der Waals surface area contributed by atoms with Gasteiger partial charge in [-0.1, -0.05) is 12.1 Å². The van der Waals surface area contributed by atoms with Crippen LogP contribution >= 0.6 is 0 Å². The van der Waals surface area contributed by atoms with Gasteiger partial charge in [0.25, 0.3) is 0 Å². The third kappa shape index (κ3) is 3.69. The van der Waals surface area contributed by atoms with Gasteiger partial charge in [0, 0.05) is 33.2 Å². The number of methoxy groups -OCH3 is 1. The highest BCUT2D eigenvalue weighted by Crippen LogP contribution is 2.36. The lowest BCUT2D eigenvalue weighted by Crippen LogP contribution is -2.42. The minimum Gasteiger partial charge on any atom is -0.492 e. The lowest BCUT2D eigenvalue weighted by Gasteiger charge is -2.25. The predicted octanol–water partition coefficient (Wildman–Crippen LogP) is 1.39. The van der Waals surface area contributed by atoms with E-state index >= 15 is 0 Å². The minimum absolute atomic E-state index is 0.0591. The van der Waals surface area contributed by atoms with E-state index in [0.717, 1.165) is 0 Å². The number of carboxylic acid groups (broad SMARTS) is 1. The van der Waals surface area contributed by atoms with E-state index < -0.39 is 17.3 Å². The van der Waals surface area contributed by atoms with E-state index in [9.17, 15) is 19.5 Å². The Balaban J connectivity index is 1.72. The molecule has 28 heavy (non-hydrogen) atoms. The lowest BCUT2D eigenvalue weighted by molar-refractivity contribution is -0.152. The molecular weight excluding hydrogens is 364 g/mol. The number of rotatable bonds is 7. The van der Waals surface area contributed by atoms with E-state index in [4.69, 9.17) is 9.47 Å². The van der Waals surface area contributed by atoms with E-state index in [2.05, 4.69) is 0 Å². The molecular formula is C20H26N2O6. The first-order valence-electron chi connectivity index (χ1n) is 9.45. The quantitative estimate of drug-likeness (QED) is 0.756. The van der Waals surface area contributed by atoms with Crippen LogP contribution in [0, 0.1) is 11.3 Å². The maximum Gasteiger partial charge on any atom is 0.313 e. The van der Waals surface area contributed by atoms with Crippen LogP contribution in [0.25, 0.3) is 0 Å². The number of amides is 2. The number of benzene rings is 1. The molecule has 0 saturated carbocycles. The third-order valence-electron chi connectivity index (χ3n) is 5.47. The van der Waals surface area contributed by atoms with Crippen LogP contribution in [0.1, 0.15) is 19.8 Å². The summed E-state index contributed by atoms with van der Waals surface area (Å²) in [5.41, 5.74) is -0.417. The normalized spacial score (nSPS) is 24.6. The summed E-state index contributed by atoms with van der Waals surface area (Å²) >= 11 is 0. The van der Waals surface area contributed by atoms with Crippen molar-refractivity contribution in [3.63, 3.8) is 0 Å². The van der Waals surface area contributed by atoms with E-state index in [-0.39, 0.29) is 37.9 Å². The highest BCUT2D eigenvalue weighted by molar-refractivity contribution is 6.01. The minimum atomic E-state index is -1.08. The first-order chi connectivity index (χ1) is 13.4. The van der Waals surface area contributed by atoms with Gasteiger partial charge in [-0.15, -0.1) is 0 Å². The van der Waals surface area contributed by atoms with Crippen molar-refractivity contribution in [1.29, 1.82) is 0 Å². The van der Waals surface area contributed by atoms with Crippen LogP contribution in [0.4, 0.5) is 5.69 Å². The van der Waals surface area contributed by atoms with Crippen LogP contribution in [0.3, 0.4) is 0 Å². The predicted molar refractivity (Wildman–Crippen MR) is 101 cm³/mol. The molecule has 2 heterocycles. The molecule has 2 aliphatic rings. The molecule has 2 saturated heterocycles. The second-order valence-electron chi connectivity index (χ2n) is 7.33. The van der Waals surface area contributed by atoms with Gasteiger partial charge in [-0.3, -0.25) is 14.4 Å². The van der Waals surface area contributed by atoms with Crippen LogP contribution in [0.15, 0.2) is 24.3 Å². The number of nitrogens with zero attached hydrogens (tertiary/aromatic N) is 2. The Hall–Kier alpha value is -2.61. The highest BCUT2D eigenvalue weighted by atomic mass is 16.5. The fourth-order valence-electron chi connectivity index (χ4n) is 4.01. The Labute approximate surface area is 164 Å². The molecule has 2 aliphatic heterocycles. The molecule has 0 bridgehead atoms. The molecule has 0 aromatic heterocycles. The van der Waals surface area contributed by atoms with Gasteiger partial charge in [0.1, 0.15) is 11.2 Å². The zero-order chi connectivity index (χ0) is 20.3. The summed E-state index contributed by atoms with van der Waals surface area (Å²) in [6.45, 7) is 3.14. The average molecular weight is 390 g/mol. The number of hydrogen-bond acceptors (Lipinski definition) is 5. The molecule has 1 aromatic rings.